The first kappa shape index (κ1) is 28.5. The van der Waals surface area contributed by atoms with Gasteiger partial charge in [-0.3, -0.25) is 14.7 Å². The summed E-state index contributed by atoms with van der Waals surface area (Å²) in [4.78, 5) is 21.4. The Labute approximate surface area is 235 Å². The fourth-order valence-electron chi connectivity index (χ4n) is 5.37. The molecule has 0 radical (unpaired) electrons. The van der Waals surface area contributed by atoms with E-state index in [1.807, 2.05) is 13.8 Å². The summed E-state index contributed by atoms with van der Waals surface area (Å²) >= 11 is 0. The van der Waals surface area contributed by atoms with Crippen LogP contribution in [0.15, 0.2) is 101 Å². The van der Waals surface area contributed by atoms with Gasteiger partial charge in [0.15, 0.2) is 5.78 Å². The first-order valence-corrected chi connectivity index (χ1v) is 14.3. The van der Waals surface area contributed by atoms with E-state index in [0.29, 0.717) is 12.5 Å². The van der Waals surface area contributed by atoms with E-state index in [1.165, 1.54) is 48.3 Å². The molecular weight excluding hydrogens is 478 g/mol. The Bertz CT molecular complexity index is 1210. The number of Topliss-reactive ketones (excluding diaryl/α,β-unsaturated/α-hetero) is 1. The van der Waals surface area contributed by atoms with Crippen LogP contribution in [0.5, 0.6) is 0 Å². The lowest BCUT2D eigenvalue weighted by Crippen LogP contribution is -2.33. The summed E-state index contributed by atoms with van der Waals surface area (Å²) < 4.78 is 0. The molecule has 0 spiro atoms. The molecule has 204 valence electrons. The zero-order valence-electron chi connectivity index (χ0n) is 24.1. The van der Waals surface area contributed by atoms with Gasteiger partial charge in [-0.05, 0) is 62.4 Å². The van der Waals surface area contributed by atoms with Crippen LogP contribution in [0.2, 0.25) is 0 Å². The Morgan fingerprint density at radius 1 is 0.795 bits per heavy atom. The fraction of sp³-hybridized carbons (Fsp3) is 0.371. The van der Waals surface area contributed by atoms with E-state index in [1.54, 1.807) is 6.92 Å². The normalized spacial score (nSPS) is 15.7. The van der Waals surface area contributed by atoms with E-state index in [2.05, 4.69) is 107 Å². The van der Waals surface area contributed by atoms with Crippen LogP contribution >= 0.6 is 0 Å². The van der Waals surface area contributed by atoms with Crippen molar-refractivity contribution in [2.45, 2.75) is 59.4 Å². The number of nitrogens with zero attached hydrogens (tertiary/aromatic N) is 3. The molecule has 1 saturated heterocycles. The minimum absolute atomic E-state index is 0.147. The van der Waals surface area contributed by atoms with Crippen molar-refractivity contribution in [3.8, 4) is 0 Å². The molecule has 3 aromatic carbocycles. The van der Waals surface area contributed by atoms with Crippen molar-refractivity contribution in [3.63, 3.8) is 0 Å². The first-order valence-electron chi connectivity index (χ1n) is 14.3. The topological polar surface area (TPSA) is 35.9 Å². The van der Waals surface area contributed by atoms with Gasteiger partial charge in [-0.15, -0.1) is 0 Å². The quantitative estimate of drug-likeness (QED) is 0.300. The first-order chi connectivity index (χ1) is 18.9. The molecular formula is C35H43N3O. The molecule has 2 heterocycles. The van der Waals surface area contributed by atoms with Crippen molar-refractivity contribution < 1.29 is 4.79 Å². The largest absolute Gasteiger partial charge is 0.372 e. The van der Waals surface area contributed by atoms with Crippen LogP contribution in [-0.2, 0) is 11.3 Å². The second-order valence-electron chi connectivity index (χ2n) is 10.9. The van der Waals surface area contributed by atoms with Gasteiger partial charge < -0.3 is 4.90 Å². The maximum Gasteiger partial charge on any atom is 0.158 e. The zero-order valence-corrected chi connectivity index (χ0v) is 24.1. The Kier molecular flexibility index (Phi) is 10.3. The second kappa shape index (κ2) is 14.0. The number of rotatable bonds is 7. The minimum Gasteiger partial charge on any atom is -0.372 e. The van der Waals surface area contributed by atoms with E-state index in [0.717, 1.165) is 36.5 Å². The third-order valence-electron chi connectivity index (χ3n) is 7.59. The summed E-state index contributed by atoms with van der Waals surface area (Å²) in [7, 11) is 0. The zero-order chi connectivity index (χ0) is 27.6. The number of hydrogen-bond acceptors (Lipinski definition) is 4. The molecule has 0 N–H and O–H groups in total. The number of carbonyl (C=O) groups is 1. The van der Waals surface area contributed by atoms with Crippen LogP contribution in [0.25, 0.3) is 0 Å². The lowest BCUT2D eigenvalue weighted by atomic mass is 9.93. The highest BCUT2D eigenvalue weighted by Crippen LogP contribution is 2.25. The fourth-order valence-corrected chi connectivity index (χ4v) is 5.37. The van der Waals surface area contributed by atoms with Crippen molar-refractivity contribution in [1.82, 2.24) is 4.90 Å². The highest BCUT2D eigenvalue weighted by molar-refractivity contribution is 5.95. The maximum absolute atomic E-state index is 12.0. The molecule has 2 aliphatic heterocycles. The van der Waals surface area contributed by atoms with Crippen molar-refractivity contribution in [2.24, 2.45) is 4.99 Å². The standard InChI is InChI=1S/C21H29N3O.C14H14/c1-16(2)22-21-10-13-23(15-20(21)17(3)25)14-18-6-8-19(9-7-18)24-11-4-5-12-24;1-12(13-8-4-2-5-9-13)14-10-6-3-7-11-14/h6-9H,4-5,10-15H2,1-3H3;2-12H,1H3. The molecule has 5 rings (SSSR count). The van der Waals surface area contributed by atoms with Gasteiger partial charge in [0.2, 0.25) is 0 Å². The smallest absolute Gasteiger partial charge is 0.158 e. The predicted molar refractivity (Wildman–Crippen MR) is 165 cm³/mol. The van der Waals surface area contributed by atoms with Gasteiger partial charge in [-0.2, -0.15) is 0 Å². The summed E-state index contributed by atoms with van der Waals surface area (Å²) in [5, 5.41) is 0. The molecule has 2 aliphatic rings. The van der Waals surface area contributed by atoms with Crippen molar-refractivity contribution >= 4 is 17.2 Å². The Morgan fingerprint density at radius 2 is 1.36 bits per heavy atom. The molecule has 0 aliphatic carbocycles. The van der Waals surface area contributed by atoms with E-state index in [-0.39, 0.29) is 5.78 Å². The molecule has 0 atom stereocenters. The number of benzene rings is 3. The van der Waals surface area contributed by atoms with Crippen LogP contribution in [0.4, 0.5) is 5.69 Å². The Hall–Kier alpha value is -3.50. The van der Waals surface area contributed by atoms with Crippen LogP contribution in [0, 0.1) is 0 Å². The molecule has 4 nitrogen and oxygen atoms in total. The lowest BCUT2D eigenvalue weighted by Gasteiger charge is -2.29. The molecule has 0 bridgehead atoms. The van der Waals surface area contributed by atoms with Gasteiger partial charge in [-0.25, -0.2) is 0 Å². The molecule has 0 amide bonds. The summed E-state index contributed by atoms with van der Waals surface area (Å²) in [6.45, 7) is 12.8. The maximum atomic E-state index is 12.0. The molecule has 1 fully saturated rings. The number of anilines is 1. The highest BCUT2D eigenvalue weighted by Gasteiger charge is 2.22. The van der Waals surface area contributed by atoms with Crippen molar-refractivity contribution in [2.75, 3.05) is 31.1 Å². The average Bonchev–Trinajstić information content (AvgIpc) is 3.50. The van der Waals surface area contributed by atoms with E-state index < -0.39 is 0 Å². The molecule has 4 heteroatoms. The Morgan fingerprint density at radius 3 is 1.87 bits per heavy atom. The highest BCUT2D eigenvalue weighted by atomic mass is 16.1. The van der Waals surface area contributed by atoms with Gasteiger partial charge >= 0.3 is 0 Å². The van der Waals surface area contributed by atoms with Crippen LogP contribution in [0.3, 0.4) is 0 Å². The SMILES string of the molecule is CC(=O)C1=C(N=C(C)C)CCN(Cc2ccc(N3CCCC3)cc2)C1.CC(c1ccccc1)c1ccccc1. The summed E-state index contributed by atoms with van der Waals surface area (Å²) in [6.07, 6.45) is 3.46. The third kappa shape index (κ3) is 8.24. The van der Waals surface area contributed by atoms with Gasteiger partial charge in [0.05, 0.1) is 0 Å². The molecule has 39 heavy (non-hydrogen) atoms. The van der Waals surface area contributed by atoms with Crippen LogP contribution in [0.1, 0.15) is 69.6 Å². The van der Waals surface area contributed by atoms with Gasteiger partial charge in [0.25, 0.3) is 0 Å². The molecule has 0 unspecified atom stereocenters. The van der Waals surface area contributed by atoms with E-state index >= 15 is 0 Å². The Balaban J connectivity index is 0.000000212. The summed E-state index contributed by atoms with van der Waals surface area (Å²) in [5.74, 6) is 0.631. The predicted octanol–water partition coefficient (Wildman–Crippen LogP) is 7.65. The van der Waals surface area contributed by atoms with Gasteiger partial charge in [0, 0.05) is 67.7 Å². The molecule has 0 aromatic heterocycles. The van der Waals surface area contributed by atoms with Gasteiger partial charge in [-0.1, -0.05) is 79.7 Å². The second-order valence-corrected chi connectivity index (χ2v) is 10.9. The van der Waals surface area contributed by atoms with Crippen molar-refractivity contribution in [3.05, 3.63) is 113 Å². The monoisotopic (exact) mass is 521 g/mol. The number of hydrogen-bond donors (Lipinski definition) is 0. The van der Waals surface area contributed by atoms with Gasteiger partial charge in [0.1, 0.15) is 0 Å². The summed E-state index contributed by atoms with van der Waals surface area (Å²) in [5.41, 5.74) is 8.26. The number of carbonyl (C=O) groups excluding carboxylic acids is 1. The minimum atomic E-state index is 0.147. The van der Waals surface area contributed by atoms with E-state index in [4.69, 9.17) is 0 Å². The summed E-state index contributed by atoms with van der Waals surface area (Å²) in [6, 6.07) is 30.1. The molecule has 3 aromatic rings. The van der Waals surface area contributed by atoms with E-state index in [9.17, 15) is 4.79 Å². The average molecular weight is 522 g/mol. The molecule has 0 saturated carbocycles. The lowest BCUT2D eigenvalue weighted by molar-refractivity contribution is -0.114. The van der Waals surface area contributed by atoms with Crippen LogP contribution < -0.4 is 4.90 Å². The van der Waals surface area contributed by atoms with Crippen molar-refractivity contribution in [1.29, 1.82) is 0 Å². The number of ketones is 1. The third-order valence-corrected chi connectivity index (χ3v) is 7.59. The number of aliphatic imine (C=N–C) groups is 1. The van der Waals surface area contributed by atoms with Crippen LogP contribution in [-0.4, -0.2) is 42.6 Å².